The number of methoxy groups -OCH3 is 1. The lowest BCUT2D eigenvalue weighted by Crippen LogP contribution is -3.11. The Balaban J connectivity index is 0.00000225. The molecule has 1 fully saturated rings. The van der Waals surface area contributed by atoms with Gasteiger partial charge in [0, 0.05) is 23.1 Å². The number of hydrogen-bond acceptors (Lipinski definition) is 3. The van der Waals surface area contributed by atoms with Gasteiger partial charge in [-0.15, -0.1) is 0 Å². The number of ether oxygens (including phenoxy) is 1. The summed E-state index contributed by atoms with van der Waals surface area (Å²) in [5.41, 5.74) is 2.83. The van der Waals surface area contributed by atoms with Crippen LogP contribution in [0.2, 0.25) is 0 Å². The number of benzene rings is 2. The highest BCUT2D eigenvalue weighted by Gasteiger charge is 2.23. The molecule has 0 bridgehead atoms. The molecule has 2 heterocycles. The van der Waals surface area contributed by atoms with Gasteiger partial charge in [-0.25, -0.2) is 4.79 Å². The molecule has 0 atom stereocenters. The van der Waals surface area contributed by atoms with E-state index in [9.17, 15) is 4.79 Å². The van der Waals surface area contributed by atoms with Gasteiger partial charge in [-0.3, -0.25) is 0 Å². The number of fused-ring (bicyclic) bond motifs is 1. The highest BCUT2D eigenvalue weighted by Crippen LogP contribution is 2.22. The van der Waals surface area contributed by atoms with Crippen LogP contribution in [0.5, 0.6) is 5.75 Å². The summed E-state index contributed by atoms with van der Waals surface area (Å²) in [5, 5.41) is 1.01. The SMILES string of the molecule is COc1ccc2c(C[NH+]3CCC(Cc4ccccc4)CC3)cc(=O)oc2c1.[Cl-]. The Morgan fingerprint density at radius 3 is 2.54 bits per heavy atom. The molecule has 1 aliphatic heterocycles. The molecule has 1 aliphatic rings. The van der Waals surface area contributed by atoms with Crippen LogP contribution in [0.3, 0.4) is 0 Å². The van der Waals surface area contributed by atoms with Gasteiger partial charge in [0.2, 0.25) is 0 Å². The summed E-state index contributed by atoms with van der Waals surface area (Å²) in [6, 6.07) is 18.1. The molecule has 0 radical (unpaired) electrons. The number of nitrogens with one attached hydrogen (secondary N) is 1. The van der Waals surface area contributed by atoms with Crippen molar-refractivity contribution in [3.63, 3.8) is 0 Å². The second-order valence-electron chi connectivity index (χ2n) is 7.51. The topological polar surface area (TPSA) is 43.9 Å². The molecule has 0 unspecified atom stereocenters. The highest BCUT2D eigenvalue weighted by atomic mass is 35.5. The van der Waals surface area contributed by atoms with E-state index in [0.717, 1.165) is 36.5 Å². The summed E-state index contributed by atoms with van der Waals surface area (Å²) in [7, 11) is 1.62. The Bertz CT molecular complexity index is 962. The van der Waals surface area contributed by atoms with Gasteiger partial charge >= 0.3 is 5.63 Å². The van der Waals surface area contributed by atoms with E-state index in [1.54, 1.807) is 24.1 Å². The summed E-state index contributed by atoms with van der Waals surface area (Å²) in [5.74, 6) is 1.47. The first-order valence-corrected chi connectivity index (χ1v) is 9.69. The second-order valence-corrected chi connectivity index (χ2v) is 7.51. The fourth-order valence-corrected chi connectivity index (χ4v) is 4.17. The molecule has 4 rings (SSSR count). The molecule has 2 aromatic carbocycles. The van der Waals surface area contributed by atoms with Crippen LogP contribution in [0, 0.1) is 5.92 Å². The van der Waals surface area contributed by atoms with E-state index in [1.807, 2.05) is 12.1 Å². The lowest BCUT2D eigenvalue weighted by molar-refractivity contribution is -0.919. The maximum Gasteiger partial charge on any atom is 0.336 e. The Kier molecular flexibility index (Phi) is 6.76. The van der Waals surface area contributed by atoms with Crippen LogP contribution in [-0.4, -0.2) is 20.2 Å². The first kappa shape index (κ1) is 20.4. The van der Waals surface area contributed by atoms with Gasteiger partial charge in [0.05, 0.1) is 20.2 Å². The minimum Gasteiger partial charge on any atom is -1.00 e. The Morgan fingerprint density at radius 1 is 1.07 bits per heavy atom. The zero-order valence-electron chi connectivity index (χ0n) is 16.1. The maximum absolute atomic E-state index is 12.0. The fourth-order valence-electron chi connectivity index (χ4n) is 4.17. The highest BCUT2D eigenvalue weighted by molar-refractivity contribution is 5.81. The summed E-state index contributed by atoms with van der Waals surface area (Å²) in [4.78, 5) is 13.5. The molecular weight excluding hydrogens is 374 g/mol. The summed E-state index contributed by atoms with van der Waals surface area (Å²) < 4.78 is 10.6. The number of halogens is 1. The average molecular weight is 400 g/mol. The van der Waals surface area contributed by atoms with Crippen LogP contribution in [0.4, 0.5) is 0 Å². The van der Waals surface area contributed by atoms with E-state index in [1.165, 1.54) is 24.8 Å². The van der Waals surface area contributed by atoms with Crippen LogP contribution >= 0.6 is 0 Å². The van der Waals surface area contributed by atoms with Crippen LogP contribution in [0.25, 0.3) is 11.0 Å². The van der Waals surface area contributed by atoms with E-state index in [0.29, 0.717) is 11.3 Å². The van der Waals surface area contributed by atoms with Gasteiger partial charge in [0.15, 0.2) is 0 Å². The van der Waals surface area contributed by atoms with Crippen molar-refractivity contribution in [1.29, 1.82) is 0 Å². The molecule has 28 heavy (non-hydrogen) atoms. The molecule has 1 saturated heterocycles. The van der Waals surface area contributed by atoms with Crippen LogP contribution in [-0.2, 0) is 13.0 Å². The number of hydrogen-bond donors (Lipinski definition) is 1. The van der Waals surface area contributed by atoms with Crippen molar-refractivity contribution >= 4 is 11.0 Å². The standard InChI is InChI=1S/C23H25NO3.ClH/c1-26-20-7-8-21-19(14-23(25)27-22(21)15-20)16-24-11-9-18(10-12-24)13-17-5-3-2-4-6-17;/h2-8,14-15,18H,9-13,16H2,1H3;1H. The first-order valence-electron chi connectivity index (χ1n) is 9.69. The maximum atomic E-state index is 12.0. The molecule has 0 aliphatic carbocycles. The third kappa shape index (κ3) is 4.75. The van der Waals surface area contributed by atoms with Crippen molar-refractivity contribution < 1.29 is 26.5 Å². The summed E-state index contributed by atoms with van der Waals surface area (Å²) in [6.07, 6.45) is 3.64. The van der Waals surface area contributed by atoms with Crippen molar-refractivity contribution in [3.8, 4) is 5.75 Å². The predicted molar refractivity (Wildman–Crippen MR) is 106 cm³/mol. The number of likely N-dealkylation sites (tertiary alicyclic amines) is 1. The second kappa shape index (κ2) is 9.26. The van der Waals surface area contributed by atoms with Gasteiger partial charge in [-0.1, -0.05) is 30.3 Å². The van der Waals surface area contributed by atoms with Crippen LogP contribution in [0.15, 0.2) is 63.8 Å². The van der Waals surface area contributed by atoms with Gasteiger partial charge in [0.25, 0.3) is 0 Å². The fraction of sp³-hybridized carbons (Fsp3) is 0.348. The monoisotopic (exact) mass is 399 g/mol. The molecular formula is C23H26ClNO3. The summed E-state index contributed by atoms with van der Waals surface area (Å²) in [6.45, 7) is 3.16. The van der Waals surface area contributed by atoms with Gasteiger partial charge in [0.1, 0.15) is 17.9 Å². The quantitative estimate of drug-likeness (QED) is 0.606. The van der Waals surface area contributed by atoms with Gasteiger partial charge in [-0.05, 0) is 42.9 Å². The molecule has 148 valence electrons. The zero-order chi connectivity index (χ0) is 18.6. The number of quaternary nitrogens is 1. The van der Waals surface area contributed by atoms with Gasteiger partial charge in [-0.2, -0.15) is 0 Å². The van der Waals surface area contributed by atoms with Gasteiger partial charge < -0.3 is 26.5 Å². The molecule has 5 heteroatoms. The van der Waals surface area contributed by atoms with Crippen molar-refractivity contribution in [2.75, 3.05) is 20.2 Å². The van der Waals surface area contributed by atoms with Crippen molar-refractivity contribution in [3.05, 3.63) is 76.1 Å². The van der Waals surface area contributed by atoms with Crippen molar-refractivity contribution in [2.24, 2.45) is 5.92 Å². The van der Waals surface area contributed by atoms with E-state index in [4.69, 9.17) is 9.15 Å². The largest absolute Gasteiger partial charge is 1.00 e. The molecule has 4 nitrogen and oxygen atoms in total. The normalized spacial score (nSPS) is 19.2. The predicted octanol–water partition coefficient (Wildman–Crippen LogP) is -0.157. The third-order valence-electron chi connectivity index (χ3n) is 5.66. The Morgan fingerprint density at radius 2 is 1.82 bits per heavy atom. The number of piperidine rings is 1. The lowest BCUT2D eigenvalue weighted by atomic mass is 9.90. The van der Waals surface area contributed by atoms with Crippen LogP contribution in [0.1, 0.15) is 24.0 Å². The number of rotatable bonds is 5. The molecule has 0 saturated carbocycles. The molecule has 1 aromatic heterocycles. The van der Waals surface area contributed by atoms with E-state index >= 15 is 0 Å². The van der Waals surface area contributed by atoms with Crippen molar-refractivity contribution in [2.45, 2.75) is 25.8 Å². The minimum absolute atomic E-state index is 0. The molecule has 0 amide bonds. The van der Waals surface area contributed by atoms with Crippen molar-refractivity contribution in [1.82, 2.24) is 0 Å². The molecule has 0 spiro atoms. The van der Waals surface area contributed by atoms with E-state index < -0.39 is 0 Å². The van der Waals surface area contributed by atoms with E-state index in [2.05, 4.69) is 30.3 Å². The average Bonchev–Trinajstić information content (AvgIpc) is 2.69. The smallest absolute Gasteiger partial charge is 0.336 e. The van der Waals surface area contributed by atoms with Crippen LogP contribution < -0.4 is 27.7 Å². The Hall–Kier alpha value is -2.30. The van der Waals surface area contributed by atoms with E-state index in [-0.39, 0.29) is 18.0 Å². The first-order chi connectivity index (χ1) is 13.2. The third-order valence-corrected chi connectivity index (χ3v) is 5.66. The molecule has 3 aromatic rings. The minimum atomic E-state index is -0.288. The molecule has 1 N–H and O–H groups in total. The Labute approximate surface area is 171 Å². The summed E-state index contributed by atoms with van der Waals surface area (Å²) >= 11 is 0. The lowest BCUT2D eigenvalue weighted by Gasteiger charge is -2.29. The zero-order valence-corrected chi connectivity index (χ0v) is 16.9.